The number of nitrogens with one attached hydrogen (secondary N) is 1. The van der Waals surface area contributed by atoms with Gasteiger partial charge in [0.2, 0.25) is 0 Å². The van der Waals surface area contributed by atoms with Gasteiger partial charge < -0.3 is 10.4 Å². The number of hydrogen-bond acceptors (Lipinski definition) is 3. The van der Waals surface area contributed by atoms with Crippen molar-refractivity contribution in [1.29, 1.82) is 0 Å². The summed E-state index contributed by atoms with van der Waals surface area (Å²) in [4.78, 5) is 2.60. The fourth-order valence-electron chi connectivity index (χ4n) is 4.06. The van der Waals surface area contributed by atoms with Crippen LogP contribution in [0.15, 0.2) is 30.3 Å². The van der Waals surface area contributed by atoms with Crippen LogP contribution in [0.2, 0.25) is 0 Å². The highest BCUT2D eigenvalue weighted by molar-refractivity contribution is 5.18. The van der Waals surface area contributed by atoms with E-state index in [0.717, 1.165) is 6.54 Å². The average molecular weight is 302 g/mol. The summed E-state index contributed by atoms with van der Waals surface area (Å²) in [6, 6.07) is 12.7. The van der Waals surface area contributed by atoms with Gasteiger partial charge in [-0.3, -0.25) is 4.90 Å². The van der Waals surface area contributed by atoms with Gasteiger partial charge in [0.15, 0.2) is 0 Å². The quantitative estimate of drug-likeness (QED) is 0.878. The normalized spacial score (nSPS) is 31.3. The van der Waals surface area contributed by atoms with Crippen molar-refractivity contribution in [2.45, 2.75) is 57.2 Å². The van der Waals surface area contributed by atoms with Gasteiger partial charge in [0.25, 0.3) is 0 Å². The van der Waals surface area contributed by atoms with E-state index in [1.54, 1.807) is 0 Å². The van der Waals surface area contributed by atoms with Gasteiger partial charge in [-0.15, -0.1) is 0 Å². The molecule has 1 saturated carbocycles. The van der Waals surface area contributed by atoms with E-state index in [-0.39, 0.29) is 0 Å². The maximum Gasteiger partial charge on any atom is 0.0459 e. The van der Waals surface area contributed by atoms with Crippen molar-refractivity contribution in [2.75, 3.05) is 19.7 Å². The third-order valence-electron chi connectivity index (χ3n) is 5.63. The molecule has 2 aliphatic rings. The van der Waals surface area contributed by atoms with Crippen LogP contribution in [-0.2, 0) is 0 Å². The fourth-order valence-corrected chi connectivity index (χ4v) is 4.06. The largest absolute Gasteiger partial charge is 0.396 e. The molecule has 0 amide bonds. The molecule has 1 aliphatic heterocycles. The Kier molecular flexibility index (Phi) is 5.51. The lowest BCUT2D eigenvalue weighted by Gasteiger charge is -2.31. The molecule has 22 heavy (non-hydrogen) atoms. The summed E-state index contributed by atoms with van der Waals surface area (Å²) in [5.41, 5.74) is 1.42. The second kappa shape index (κ2) is 7.58. The highest BCUT2D eigenvalue weighted by Gasteiger charge is 2.29. The number of benzene rings is 1. The third kappa shape index (κ3) is 3.89. The molecule has 2 atom stereocenters. The average Bonchev–Trinajstić information content (AvgIpc) is 3.04. The summed E-state index contributed by atoms with van der Waals surface area (Å²) < 4.78 is 0. The minimum Gasteiger partial charge on any atom is -0.396 e. The molecule has 1 aromatic rings. The van der Waals surface area contributed by atoms with Crippen molar-refractivity contribution >= 4 is 0 Å². The van der Waals surface area contributed by atoms with E-state index in [4.69, 9.17) is 0 Å². The second-order valence-electron chi connectivity index (χ2n) is 7.13. The van der Waals surface area contributed by atoms with Crippen LogP contribution in [0.4, 0.5) is 0 Å². The summed E-state index contributed by atoms with van der Waals surface area (Å²) in [6.07, 6.45) is 6.10. The predicted octanol–water partition coefficient (Wildman–Crippen LogP) is 2.96. The first-order chi connectivity index (χ1) is 10.8. The molecule has 2 unspecified atom stereocenters. The maximum absolute atomic E-state index is 9.24. The van der Waals surface area contributed by atoms with Crippen LogP contribution >= 0.6 is 0 Å². The molecule has 3 rings (SSSR count). The Morgan fingerprint density at radius 3 is 2.50 bits per heavy atom. The Labute approximate surface area is 134 Å². The van der Waals surface area contributed by atoms with Gasteiger partial charge in [-0.2, -0.15) is 0 Å². The highest BCUT2D eigenvalue weighted by atomic mass is 16.3. The van der Waals surface area contributed by atoms with Gasteiger partial charge in [-0.05, 0) is 50.5 Å². The summed E-state index contributed by atoms with van der Waals surface area (Å²) >= 11 is 0. The van der Waals surface area contributed by atoms with Crippen molar-refractivity contribution in [3.63, 3.8) is 0 Å². The highest BCUT2D eigenvalue weighted by Crippen LogP contribution is 2.27. The number of nitrogens with zero attached hydrogens (tertiary/aromatic N) is 1. The molecular formula is C19H30N2O. The number of hydrogen-bond donors (Lipinski definition) is 2. The number of likely N-dealkylation sites (tertiary alicyclic amines) is 1. The number of aliphatic hydroxyl groups excluding tert-OH is 1. The molecule has 1 saturated heterocycles. The zero-order chi connectivity index (χ0) is 15.4. The van der Waals surface area contributed by atoms with Gasteiger partial charge >= 0.3 is 0 Å². The lowest BCUT2D eigenvalue weighted by atomic mass is 9.86. The van der Waals surface area contributed by atoms with E-state index in [1.165, 1.54) is 44.2 Å². The molecule has 0 bridgehead atoms. The summed E-state index contributed by atoms with van der Waals surface area (Å²) in [6.45, 7) is 5.05. The molecule has 0 spiro atoms. The van der Waals surface area contributed by atoms with Crippen molar-refractivity contribution in [3.8, 4) is 0 Å². The van der Waals surface area contributed by atoms with E-state index in [9.17, 15) is 5.11 Å². The van der Waals surface area contributed by atoms with Gasteiger partial charge in [-0.25, -0.2) is 0 Å². The first kappa shape index (κ1) is 16.0. The molecule has 2 fully saturated rings. The van der Waals surface area contributed by atoms with Crippen LogP contribution in [0.25, 0.3) is 0 Å². The second-order valence-corrected chi connectivity index (χ2v) is 7.13. The Morgan fingerprint density at radius 2 is 1.82 bits per heavy atom. The minimum absolute atomic E-state index is 0.374. The maximum atomic E-state index is 9.24. The molecule has 1 aliphatic carbocycles. The van der Waals surface area contributed by atoms with Crippen molar-refractivity contribution in [1.82, 2.24) is 10.2 Å². The van der Waals surface area contributed by atoms with Gasteiger partial charge in [0.05, 0.1) is 0 Å². The smallest absolute Gasteiger partial charge is 0.0459 e. The van der Waals surface area contributed by atoms with Crippen molar-refractivity contribution < 1.29 is 5.11 Å². The summed E-state index contributed by atoms with van der Waals surface area (Å²) in [5.74, 6) is 0.552. The monoisotopic (exact) mass is 302 g/mol. The van der Waals surface area contributed by atoms with Crippen LogP contribution in [0.5, 0.6) is 0 Å². The standard InChI is InChI=1S/C19H30N2O/c1-15(17-5-3-2-4-6-17)21-12-11-19(13-21)20-18-9-7-16(14-22)8-10-18/h2-6,15-16,18-20,22H,7-14H2,1H3. The SMILES string of the molecule is CC(c1ccccc1)N1CCC(NC2CCC(CO)CC2)C1. The molecule has 2 N–H and O–H groups in total. The molecule has 1 heterocycles. The van der Waals surface area contributed by atoms with Gasteiger partial charge in [-0.1, -0.05) is 30.3 Å². The lowest BCUT2D eigenvalue weighted by Crippen LogP contribution is -2.42. The Bertz CT molecular complexity index is 442. The zero-order valence-corrected chi connectivity index (χ0v) is 13.7. The molecule has 122 valence electrons. The number of rotatable bonds is 5. The van der Waals surface area contributed by atoms with E-state index in [0.29, 0.717) is 30.7 Å². The Hall–Kier alpha value is -0.900. The first-order valence-corrected chi connectivity index (χ1v) is 8.92. The third-order valence-corrected chi connectivity index (χ3v) is 5.63. The van der Waals surface area contributed by atoms with Crippen molar-refractivity contribution in [2.24, 2.45) is 5.92 Å². The molecule has 1 aromatic carbocycles. The van der Waals surface area contributed by atoms with Gasteiger partial charge in [0, 0.05) is 37.8 Å². The minimum atomic E-state index is 0.374. The number of aliphatic hydroxyl groups is 1. The Balaban J connectivity index is 1.46. The molecule has 0 aromatic heterocycles. The van der Waals surface area contributed by atoms with Crippen LogP contribution in [0.1, 0.15) is 50.6 Å². The molecule has 0 radical (unpaired) electrons. The molecule has 3 heteroatoms. The Morgan fingerprint density at radius 1 is 1.09 bits per heavy atom. The molecule has 3 nitrogen and oxygen atoms in total. The summed E-state index contributed by atoms with van der Waals surface area (Å²) in [7, 11) is 0. The van der Waals surface area contributed by atoms with E-state index in [2.05, 4.69) is 47.5 Å². The lowest BCUT2D eigenvalue weighted by molar-refractivity contribution is 0.170. The summed E-state index contributed by atoms with van der Waals surface area (Å²) in [5, 5.41) is 13.1. The fraction of sp³-hybridized carbons (Fsp3) is 0.684. The van der Waals surface area contributed by atoms with Crippen LogP contribution in [-0.4, -0.2) is 41.8 Å². The van der Waals surface area contributed by atoms with Crippen molar-refractivity contribution in [3.05, 3.63) is 35.9 Å². The predicted molar refractivity (Wildman–Crippen MR) is 90.8 cm³/mol. The van der Waals surface area contributed by atoms with E-state index < -0.39 is 0 Å². The van der Waals surface area contributed by atoms with Crippen LogP contribution in [0.3, 0.4) is 0 Å². The first-order valence-electron chi connectivity index (χ1n) is 8.92. The van der Waals surface area contributed by atoms with Gasteiger partial charge in [0.1, 0.15) is 0 Å². The van der Waals surface area contributed by atoms with Crippen LogP contribution in [0, 0.1) is 5.92 Å². The van der Waals surface area contributed by atoms with Crippen LogP contribution < -0.4 is 5.32 Å². The van der Waals surface area contributed by atoms with E-state index >= 15 is 0 Å². The topological polar surface area (TPSA) is 35.5 Å². The van der Waals surface area contributed by atoms with E-state index in [1.807, 2.05) is 0 Å². The molecular weight excluding hydrogens is 272 g/mol. The zero-order valence-electron chi connectivity index (χ0n) is 13.7.